The van der Waals surface area contributed by atoms with Gasteiger partial charge in [-0.15, -0.1) is 0 Å². The Morgan fingerprint density at radius 3 is 1.53 bits per heavy atom. The summed E-state index contributed by atoms with van der Waals surface area (Å²) >= 11 is 0. The second kappa shape index (κ2) is 4.87. The van der Waals surface area contributed by atoms with E-state index in [0.29, 0.717) is 18.5 Å². The third-order valence-corrected chi connectivity index (χ3v) is 2.99. The van der Waals surface area contributed by atoms with Crippen LogP contribution < -0.4 is 5.46 Å². The predicted octanol–water partition coefficient (Wildman–Crippen LogP) is 3.89. The molecule has 0 radical (unpaired) electrons. The van der Waals surface area contributed by atoms with Gasteiger partial charge in [-0.25, -0.2) is 0 Å². The van der Waals surface area contributed by atoms with Gasteiger partial charge in [0.2, 0.25) is 0 Å². The summed E-state index contributed by atoms with van der Waals surface area (Å²) in [5.41, 5.74) is 4.62. The quantitative estimate of drug-likeness (QED) is 0.652. The van der Waals surface area contributed by atoms with Gasteiger partial charge in [-0.1, -0.05) is 76.1 Å². The molecule has 0 nitrogen and oxygen atoms in total. The van der Waals surface area contributed by atoms with Crippen LogP contribution >= 0.6 is 0 Å². The monoisotopic (exact) mass is 202 g/mol. The van der Waals surface area contributed by atoms with Gasteiger partial charge >= 0.3 is 0 Å². The smallest absolute Gasteiger partial charge is 0.0819 e. The third kappa shape index (κ3) is 2.65. The van der Waals surface area contributed by atoms with E-state index in [4.69, 9.17) is 0 Å². The zero-order valence-corrected chi connectivity index (χ0v) is 11.0. The van der Waals surface area contributed by atoms with Gasteiger partial charge in [-0.2, -0.15) is 0 Å². The fourth-order valence-corrected chi connectivity index (χ4v) is 2.28. The normalized spacial score (nSPS) is 11.2. The van der Waals surface area contributed by atoms with Gasteiger partial charge in [0.1, 0.15) is 0 Å². The fraction of sp³-hybridized carbons (Fsp3) is 0.571. The Kier molecular flexibility index (Phi) is 4.01. The van der Waals surface area contributed by atoms with Gasteiger partial charge < -0.3 is 0 Å². The second-order valence-corrected chi connectivity index (χ2v) is 5.31. The van der Waals surface area contributed by atoms with Crippen LogP contribution in [-0.2, 0) is 0 Å². The lowest BCUT2D eigenvalue weighted by Crippen LogP contribution is -2.31. The molecule has 0 bridgehead atoms. The van der Waals surface area contributed by atoms with Crippen LogP contribution in [0.5, 0.6) is 0 Å². The van der Waals surface area contributed by atoms with E-state index in [1.54, 1.807) is 5.46 Å². The van der Waals surface area contributed by atoms with Crippen molar-refractivity contribution in [3.05, 3.63) is 29.3 Å². The first-order valence-corrected chi connectivity index (χ1v) is 6.07. The maximum Gasteiger partial charge on any atom is 0.170 e. The molecule has 0 unspecified atom stereocenters. The minimum absolute atomic E-state index is 0.626. The summed E-state index contributed by atoms with van der Waals surface area (Å²) in [6.07, 6.45) is 0. The minimum atomic E-state index is 0.626. The van der Waals surface area contributed by atoms with Crippen LogP contribution in [0.1, 0.15) is 50.7 Å². The molecule has 0 saturated carbocycles. The molecule has 1 aromatic carbocycles. The van der Waals surface area contributed by atoms with E-state index in [1.165, 1.54) is 11.1 Å². The zero-order chi connectivity index (χ0) is 11.6. The summed E-state index contributed by atoms with van der Waals surface area (Å²) < 4.78 is 0. The molecule has 0 fully saturated rings. The van der Waals surface area contributed by atoms with Crippen molar-refractivity contribution in [3.8, 4) is 0 Å². The summed E-state index contributed by atoms with van der Waals surface area (Å²) in [7, 11) is 0. The number of hydrogen-bond donors (Lipinski definition) is 0. The van der Waals surface area contributed by atoms with Crippen molar-refractivity contribution in [1.82, 2.24) is 0 Å². The summed E-state index contributed by atoms with van der Waals surface area (Å²) in [5, 5.41) is 0. The number of rotatable bonds is 3. The lowest BCUT2D eigenvalue weighted by Gasteiger charge is -2.21. The molecule has 1 heteroatoms. The van der Waals surface area contributed by atoms with E-state index in [9.17, 15) is 0 Å². The van der Waals surface area contributed by atoms with Crippen LogP contribution in [0.4, 0.5) is 0 Å². The maximum absolute atomic E-state index is 2.30. The molecule has 0 atom stereocenters. The van der Waals surface area contributed by atoms with Crippen molar-refractivity contribution in [3.63, 3.8) is 0 Å². The highest BCUT2D eigenvalue weighted by Crippen LogP contribution is 2.19. The molecule has 1 aromatic rings. The highest BCUT2D eigenvalue weighted by Gasteiger charge is 2.17. The first-order chi connectivity index (χ1) is 6.95. The number of benzene rings is 1. The van der Waals surface area contributed by atoms with Crippen molar-refractivity contribution in [2.75, 3.05) is 0 Å². The summed E-state index contributed by atoms with van der Waals surface area (Å²) in [4.78, 5) is 0. The Hall–Kier alpha value is -0.715. The van der Waals surface area contributed by atoms with Gasteiger partial charge in [0, 0.05) is 0 Å². The van der Waals surface area contributed by atoms with Gasteiger partial charge in [0.25, 0.3) is 0 Å². The third-order valence-electron chi connectivity index (χ3n) is 2.99. The molecule has 0 saturated heterocycles. The van der Waals surface area contributed by atoms with E-state index < -0.39 is 0 Å². The minimum Gasteiger partial charge on any atom is -0.0819 e. The molecule has 0 amide bonds. The highest BCUT2D eigenvalue weighted by atomic mass is 14.1. The standard InChI is InChI=1S/C14H23B/c1-10(2)12-8-7-9-13(11(3)4)14(12)15(5)6/h7-11H,1-6H3. The lowest BCUT2D eigenvalue weighted by molar-refractivity contribution is 0.844. The SMILES string of the molecule is CB(C)c1c(C(C)C)cccc1C(C)C. The van der Waals surface area contributed by atoms with Crippen LogP contribution in [0, 0.1) is 0 Å². The molecule has 0 spiro atoms. The Balaban J connectivity index is 3.35. The maximum atomic E-state index is 2.30. The van der Waals surface area contributed by atoms with E-state index in [0.717, 1.165) is 0 Å². The van der Waals surface area contributed by atoms with Gasteiger partial charge in [-0.05, 0) is 11.8 Å². The lowest BCUT2D eigenvalue weighted by atomic mass is 9.46. The van der Waals surface area contributed by atoms with Crippen molar-refractivity contribution < 1.29 is 0 Å². The van der Waals surface area contributed by atoms with Crippen molar-refractivity contribution in [2.24, 2.45) is 0 Å². The van der Waals surface area contributed by atoms with E-state index in [1.807, 2.05) is 0 Å². The molecule has 0 aliphatic carbocycles. The molecule has 15 heavy (non-hydrogen) atoms. The first-order valence-electron chi connectivity index (χ1n) is 6.07. The summed E-state index contributed by atoms with van der Waals surface area (Å²) in [5.74, 6) is 1.25. The Bertz CT molecular complexity index is 298. The zero-order valence-electron chi connectivity index (χ0n) is 11.0. The van der Waals surface area contributed by atoms with E-state index in [-0.39, 0.29) is 0 Å². The molecule has 0 aliphatic heterocycles. The van der Waals surface area contributed by atoms with E-state index >= 15 is 0 Å². The van der Waals surface area contributed by atoms with Crippen LogP contribution in [0.2, 0.25) is 13.6 Å². The topological polar surface area (TPSA) is 0 Å². The Morgan fingerprint density at radius 1 is 0.867 bits per heavy atom. The molecular weight excluding hydrogens is 179 g/mol. The second-order valence-electron chi connectivity index (χ2n) is 5.31. The van der Waals surface area contributed by atoms with Crippen LogP contribution in [0.3, 0.4) is 0 Å². The average molecular weight is 202 g/mol. The largest absolute Gasteiger partial charge is 0.170 e. The van der Waals surface area contributed by atoms with E-state index in [2.05, 4.69) is 59.5 Å². The van der Waals surface area contributed by atoms with Gasteiger partial charge in [0.05, 0.1) is 0 Å². The summed E-state index contributed by atoms with van der Waals surface area (Å²) in [6, 6.07) is 6.77. The van der Waals surface area contributed by atoms with Gasteiger partial charge in [0.15, 0.2) is 6.71 Å². The van der Waals surface area contributed by atoms with Crippen molar-refractivity contribution >= 4 is 12.2 Å². The molecule has 1 rings (SSSR count). The Morgan fingerprint density at radius 2 is 1.27 bits per heavy atom. The molecule has 0 aromatic heterocycles. The molecular formula is C14H23B. The first kappa shape index (κ1) is 12.4. The average Bonchev–Trinajstić information content (AvgIpc) is 2.16. The van der Waals surface area contributed by atoms with Crippen molar-refractivity contribution in [2.45, 2.75) is 53.2 Å². The fourth-order valence-electron chi connectivity index (χ4n) is 2.28. The van der Waals surface area contributed by atoms with Crippen LogP contribution in [0.25, 0.3) is 0 Å². The Labute approximate surface area is 95.2 Å². The van der Waals surface area contributed by atoms with Gasteiger partial charge in [-0.3, -0.25) is 0 Å². The molecule has 0 heterocycles. The molecule has 0 N–H and O–H groups in total. The summed E-state index contributed by atoms with van der Waals surface area (Å²) in [6.45, 7) is 14.4. The van der Waals surface area contributed by atoms with Crippen LogP contribution in [-0.4, -0.2) is 6.71 Å². The van der Waals surface area contributed by atoms with Crippen LogP contribution in [0.15, 0.2) is 18.2 Å². The molecule has 0 aliphatic rings. The van der Waals surface area contributed by atoms with Crippen molar-refractivity contribution in [1.29, 1.82) is 0 Å². The number of hydrogen-bond acceptors (Lipinski definition) is 0. The molecule has 82 valence electrons. The predicted molar refractivity (Wildman–Crippen MR) is 71.7 cm³/mol. The highest BCUT2D eigenvalue weighted by molar-refractivity contribution is 6.71.